The monoisotopic (exact) mass is 395 g/mol. The molecule has 1 aromatic carbocycles. The first kappa shape index (κ1) is 18.6. The fraction of sp³-hybridized carbons (Fsp3) is 0.609. The van der Waals surface area contributed by atoms with Gasteiger partial charge in [0, 0.05) is 18.4 Å². The quantitative estimate of drug-likeness (QED) is 0.752. The highest BCUT2D eigenvalue weighted by Gasteiger charge is 2.54. The molecule has 1 aromatic rings. The maximum Gasteiger partial charge on any atom is 0.244 e. The third-order valence-corrected chi connectivity index (χ3v) is 7.44. The lowest BCUT2D eigenvalue weighted by atomic mass is 9.49. The second-order valence-corrected chi connectivity index (χ2v) is 9.60. The lowest BCUT2D eigenvalue weighted by Crippen LogP contribution is -2.53. The number of nitrogens with one attached hydrogen (secondary N) is 2. The molecule has 1 aliphatic heterocycles. The van der Waals surface area contributed by atoms with E-state index in [0.717, 1.165) is 42.7 Å². The van der Waals surface area contributed by atoms with Crippen LogP contribution in [0.25, 0.3) is 0 Å². The first-order chi connectivity index (χ1) is 14.0. The van der Waals surface area contributed by atoms with E-state index in [9.17, 15) is 14.4 Å². The van der Waals surface area contributed by atoms with E-state index >= 15 is 0 Å². The van der Waals surface area contributed by atoms with Gasteiger partial charge in [0.15, 0.2) is 0 Å². The van der Waals surface area contributed by atoms with Crippen LogP contribution in [0.2, 0.25) is 0 Å². The van der Waals surface area contributed by atoms with Crippen molar-refractivity contribution in [3.05, 3.63) is 24.3 Å². The Kier molecular flexibility index (Phi) is 4.60. The molecule has 0 atom stereocenters. The highest BCUT2D eigenvalue weighted by Crippen LogP contribution is 2.60. The van der Waals surface area contributed by atoms with Gasteiger partial charge < -0.3 is 15.5 Å². The molecule has 0 unspecified atom stereocenters. The Labute approximate surface area is 171 Å². The number of anilines is 2. The zero-order chi connectivity index (χ0) is 20.0. The second kappa shape index (κ2) is 7.15. The number of fused-ring (bicyclic) bond motifs is 1. The summed E-state index contributed by atoms with van der Waals surface area (Å²) in [5.41, 5.74) is 1.28. The molecule has 6 rings (SSSR count). The van der Waals surface area contributed by atoms with Crippen molar-refractivity contribution in [1.29, 1.82) is 0 Å². The Morgan fingerprint density at radius 1 is 1.07 bits per heavy atom. The molecule has 0 spiro atoms. The van der Waals surface area contributed by atoms with Crippen molar-refractivity contribution in [3.63, 3.8) is 0 Å². The number of carbonyl (C=O) groups excluding carboxylic acids is 3. The minimum atomic E-state index is -0.174. The number of para-hydroxylation sites is 2. The normalized spacial score (nSPS) is 31.9. The van der Waals surface area contributed by atoms with Gasteiger partial charge >= 0.3 is 0 Å². The van der Waals surface area contributed by atoms with Crippen LogP contribution in [-0.4, -0.2) is 30.8 Å². The predicted molar refractivity (Wildman–Crippen MR) is 110 cm³/mol. The van der Waals surface area contributed by atoms with Crippen LogP contribution >= 0.6 is 0 Å². The average Bonchev–Trinajstić information content (AvgIpc) is 2.69. The zero-order valence-electron chi connectivity index (χ0n) is 16.8. The SMILES string of the molecule is O=C1CN(C(=O)CCCNC(=O)C23CC4CC(CC(C4)C2)C3)c2ccccc2N1. The molecule has 29 heavy (non-hydrogen) atoms. The zero-order valence-corrected chi connectivity index (χ0v) is 16.8. The van der Waals surface area contributed by atoms with Crippen molar-refractivity contribution < 1.29 is 14.4 Å². The number of benzene rings is 1. The summed E-state index contributed by atoms with van der Waals surface area (Å²) < 4.78 is 0. The van der Waals surface area contributed by atoms with E-state index in [-0.39, 0.29) is 29.7 Å². The van der Waals surface area contributed by atoms with E-state index < -0.39 is 0 Å². The first-order valence-corrected chi connectivity index (χ1v) is 11.0. The van der Waals surface area contributed by atoms with Crippen molar-refractivity contribution in [2.24, 2.45) is 23.2 Å². The number of nitrogens with zero attached hydrogens (tertiary/aromatic N) is 1. The Morgan fingerprint density at radius 3 is 2.41 bits per heavy atom. The van der Waals surface area contributed by atoms with Crippen molar-refractivity contribution in [3.8, 4) is 0 Å². The van der Waals surface area contributed by atoms with Gasteiger partial charge in [-0.25, -0.2) is 0 Å². The molecule has 4 bridgehead atoms. The van der Waals surface area contributed by atoms with Crippen LogP contribution in [0.5, 0.6) is 0 Å². The fourth-order valence-corrected chi connectivity index (χ4v) is 6.61. The van der Waals surface area contributed by atoms with E-state index in [1.54, 1.807) is 11.0 Å². The molecule has 4 aliphatic carbocycles. The largest absolute Gasteiger partial charge is 0.356 e. The highest BCUT2D eigenvalue weighted by atomic mass is 16.2. The summed E-state index contributed by atoms with van der Waals surface area (Å²) in [6.07, 6.45) is 8.07. The van der Waals surface area contributed by atoms with Gasteiger partial charge in [-0.1, -0.05) is 12.1 Å². The minimum Gasteiger partial charge on any atom is -0.356 e. The second-order valence-electron chi connectivity index (χ2n) is 9.60. The van der Waals surface area contributed by atoms with Crippen LogP contribution in [0.1, 0.15) is 51.4 Å². The van der Waals surface area contributed by atoms with E-state index in [2.05, 4.69) is 10.6 Å². The lowest BCUT2D eigenvalue weighted by Gasteiger charge is -2.55. The molecule has 6 heteroatoms. The molecule has 1 heterocycles. The Morgan fingerprint density at radius 2 is 1.72 bits per heavy atom. The van der Waals surface area contributed by atoms with Gasteiger partial charge in [-0.3, -0.25) is 14.4 Å². The molecule has 4 saturated carbocycles. The molecule has 6 nitrogen and oxygen atoms in total. The summed E-state index contributed by atoms with van der Waals surface area (Å²) in [7, 11) is 0. The van der Waals surface area contributed by atoms with E-state index in [0.29, 0.717) is 25.1 Å². The molecule has 5 aliphatic rings. The summed E-state index contributed by atoms with van der Waals surface area (Å²) in [5.74, 6) is 2.21. The molecular formula is C23H29N3O3. The van der Waals surface area contributed by atoms with Crippen molar-refractivity contribution >= 4 is 29.1 Å². The first-order valence-electron chi connectivity index (χ1n) is 11.0. The highest BCUT2D eigenvalue weighted by molar-refractivity contribution is 6.09. The number of hydrogen-bond acceptors (Lipinski definition) is 3. The number of amides is 3. The van der Waals surface area contributed by atoms with Crippen LogP contribution < -0.4 is 15.5 Å². The van der Waals surface area contributed by atoms with Gasteiger partial charge in [0.05, 0.1) is 11.4 Å². The molecule has 0 radical (unpaired) electrons. The molecule has 2 N–H and O–H groups in total. The average molecular weight is 396 g/mol. The van der Waals surface area contributed by atoms with Gasteiger partial charge in [-0.05, 0) is 74.8 Å². The third kappa shape index (κ3) is 3.43. The van der Waals surface area contributed by atoms with Gasteiger partial charge in [-0.2, -0.15) is 0 Å². The van der Waals surface area contributed by atoms with E-state index in [4.69, 9.17) is 0 Å². The summed E-state index contributed by atoms with van der Waals surface area (Å²) in [5, 5.41) is 5.94. The van der Waals surface area contributed by atoms with E-state index in [1.807, 2.05) is 18.2 Å². The fourth-order valence-electron chi connectivity index (χ4n) is 6.61. The van der Waals surface area contributed by atoms with E-state index in [1.165, 1.54) is 19.3 Å². The Bertz CT molecular complexity index is 814. The lowest BCUT2D eigenvalue weighted by molar-refractivity contribution is -0.146. The van der Waals surface area contributed by atoms with Gasteiger partial charge in [0.2, 0.25) is 17.7 Å². The van der Waals surface area contributed by atoms with Crippen LogP contribution in [0.3, 0.4) is 0 Å². The smallest absolute Gasteiger partial charge is 0.244 e. The minimum absolute atomic E-state index is 0.0511. The number of rotatable bonds is 5. The predicted octanol–water partition coefficient (Wildman–Crippen LogP) is 3.08. The number of carbonyl (C=O) groups is 3. The van der Waals surface area contributed by atoms with Gasteiger partial charge in [0.1, 0.15) is 6.54 Å². The van der Waals surface area contributed by atoms with Crippen LogP contribution in [0.4, 0.5) is 11.4 Å². The van der Waals surface area contributed by atoms with Crippen LogP contribution in [-0.2, 0) is 14.4 Å². The molecule has 0 saturated heterocycles. The Hall–Kier alpha value is -2.37. The van der Waals surface area contributed by atoms with Crippen molar-refractivity contribution in [2.75, 3.05) is 23.3 Å². The molecular weight excluding hydrogens is 366 g/mol. The molecule has 0 aromatic heterocycles. The summed E-state index contributed by atoms with van der Waals surface area (Å²) in [4.78, 5) is 39.2. The summed E-state index contributed by atoms with van der Waals surface area (Å²) >= 11 is 0. The molecule has 4 fully saturated rings. The van der Waals surface area contributed by atoms with Crippen molar-refractivity contribution in [2.45, 2.75) is 51.4 Å². The molecule has 154 valence electrons. The van der Waals surface area contributed by atoms with Gasteiger partial charge in [0.25, 0.3) is 0 Å². The summed E-state index contributed by atoms with van der Waals surface area (Å²) in [6, 6.07) is 7.36. The van der Waals surface area contributed by atoms with Crippen LogP contribution in [0, 0.1) is 23.2 Å². The topological polar surface area (TPSA) is 78.5 Å². The molecule has 3 amide bonds. The van der Waals surface area contributed by atoms with Crippen LogP contribution in [0.15, 0.2) is 24.3 Å². The van der Waals surface area contributed by atoms with Gasteiger partial charge in [-0.15, -0.1) is 0 Å². The maximum absolute atomic E-state index is 13.0. The standard InChI is InChI=1S/C23H29N3O3/c27-20-14-26(19-5-2-1-4-18(19)25-20)21(28)6-3-7-24-22(29)23-11-15-8-16(12-23)10-17(9-15)13-23/h1-2,4-5,15-17H,3,6-14H2,(H,24,29)(H,25,27). The Balaban J connectivity index is 1.14. The summed E-state index contributed by atoms with van der Waals surface area (Å²) in [6.45, 7) is 0.573. The number of hydrogen-bond donors (Lipinski definition) is 2. The van der Waals surface area contributed by atoms with Crippen molar-refractivity contribution in [1.82, 2.24) is 5.32 Å². The third-order valence-electron chi connectivity index (χ3n) is 7.44. The maximum atomic E-state index is 13.0.